The lowest BCUT2D eigenvalue weighted by Gasteiger charge is -2.38. The molecule has 0 aliphatic carbocycles. The normalized spacial score (nSPS) is 17.2. The van der Waals surface area contributed by atoms with Crippen molar-refractivity contribution in [1.29, 1.82) is 5.26 Å². The van der Waals surface area contributed by atoms with Gasteiger partial charge in [-0.25, -0.2) is 0 Å². The van der Waals surface area contributed by atoms with E-state index in [4.69, 9.17) is 12.2 Å². The van der Waals surface area contributed by atoms with E-state index in [1.807, 2.05) is 19.1 Å². The highest BCUT2D eigenvalue weighted by molar-refractivity contribution is 8.26. The van der Waals surface area contributed by atoms with Crippen LogP contribution in [0.4, 0.5) is 5.82 Å². The number of benzene rings is 1. The number of piperazine rings is 1. The number of thiocarbonyl (C=S) groups is 1. The fourth-order valence-electron chi connectivity index (χ4n) is 5.31. The molecule has 0 N–H and O–H groups in total. The molecule has 2 fully saturated rings. The zero-order valence-corrected chi connectivity index (χ0v) is 25.5. The highest BCUT2D eigenvalue weighted by Crippen LogP contribution is 2.36. The third-order valence-electron chi connectivity index (χ3n) is 7.64. The quantitative estimate of drug-likeness (QED) is 0.197. The minimum Gasteiger partial charge on any atom is -0.355 e. The van der Waals surface area contributed by atoms with Crippen LogP contribution in [0.2, 0.25) is 0 Å². The molecular weight excluding hydrogens is 539 g/mol. The van der Waals surface area contributed by atoms with E-state index in [0.717, 1.165) is 76.2 Å². The van der Waals surface area contributed by atoms with Crippen LogP contribution in [0.25, 0.3) is 6.08 Å². The van der Waals surface area contributed by atoms with Gasteiger partial charge in [-0.15, -0.1) is 0 Å². The summed E-state index contributed by atoms with van der Waals surface area (Å²) < 4.78 is 2.34. The molecule has 2 aliphatic heterocycles. The number of hydrogen-bond donors (Lipinski definition) is 0. The molecule has 4 rings (SSSR count). The standard InChI is InChI=1S/C31H39N5O2S2/c1-4-6-11-15-36-30(38)27(40-31(36)39)20-25-23(3)26(21-32)29(37)35(14-7-5-2)28(25)34-18-16-33(17-19-34)22-24-12-9-8-10-13-24/h8-10,12-13,20H,4-7,11,14-19,22H2,1-3H3/b27-20+. The maximum atomic E-state index is 13.6. The smallest absolute Gasteiger partial charge is 0.270 e. The van der Waals surface area contributed by atoms with Crippen molar-refractivity contribution in [3.63, 3.8) is 0 Å². The van der Waals surface area contributed by atoms with Crippen LogP contribution < -0.4 is 10.5 Å². The summed E-state index contributed by atoms with van der Waals surface area (Å²) in [6, 6.07) is 12.6. The van der Waals surface area contributed by atoms with Crippen molar-refractivity contribution < 1.29 is 4.79 Å². The van der Waals surface area contributed by atoms with Gasteiger partial charge < -0.3 is 4.90 Å². The highest BCUT2D eigenvalue weighted by Gasteiger charge is 2.33. The molecule has 212 valence electrons. The molecule has 9 heteroatoms. The maximum absolute atomic E-state index is 13.6. The van der Waals surface area contributed by atoms with Crippen LogP contribution in [-0.4, -0.2) is 57.3 Å². The first kappa shape index (κ1) is 30.0. The minimum atomic E-state index is -0.251. The summed E-state index contributed by atoms with van der Waals surface area (Å²) in [5, 5.41) is 9.96. The first-order valence-electron chi connectivity index (χ1n) is 14.3. The Morgan fingerprint density at radius 3 is 2.35 bits per heavy atom. The van der Waals surface area contributed by atoms with E-state index in [2.05, 4.69) is 54.0 Å². The van der Waals surface area contributed by atoms with Crippen LogP contribution in [0, 0.1) is 18.3 Å². The number of thioether (sulfide) groups is 1. The Kier molecular flexibility index (Phi) is 10.6. The van der Waals surface area contributed by atoms with Gasteiger partial charge >= 0.3 is 0 Å². The summed E-state index contributed by atoms with van der Waals surface area (Å²) in [7, 11) is 0. The molecule has 2 saturated heterocycles. The Morgan fingerprint density at radius 2 is 1.70 bits per heavy atom. The second-order valence-electron chi connectivity index (χ2n) is 10.4. The van der Waals surface area contributed by atoms with Crippen molar-refractivity contribution in [2.24, 2.45) is 0 Å². The molecule has 0 atom stereocenters. The van der Waals surface area contributed by atoms with E-state index in [1.165, 1.54) is 17.3 Å². The number of aromatic nitrogens is 1. The van der Waals surface area contributed by atoms with Crippen molar-refractivity contribution >= 4 is 46.1 Å². The fourth-order valence-corrected chi connectivity index (χ4v) is 6.60. The summed E-state index contributed by atoms with van der Waals surface area (Å²) in [6.45, 7) is 11.3. The Morgan fingerprint density at radius 1 is 1.00 bits per heavy atom. The van der Waals surface area contributed by atoms with E-state index < -0.39 is 0 Å². The molecule has 1 amide bonds. The van der Waals surface area contributed by atoms with Gasteiger partial charge in [0.25, 0.3) is 11.5 Å². The number of rotatable bonds is 11. The Bertz CT molecular complexity index is 1350. The van der Waals surface area contributed by atoms with Gasteiger partial charge in [0, 0.05) is 51.4 Å². The average Bonchev–Trinajstić information content (AvgIpc) is 3.22. The van der Waals surface area contributed by atoms with E-state index >= 15 is 0 Å². The summed E-state index contributed by atoms with van der Waals surface area (Å²) in [6.07, 6.45) is 6.66. The van der Waals surface area contributed by atoms with Crippen LogP contribution in [0.1, 0.15) is 68.2 Å². The molecule has 1 aromatic carbocycles. The van der Waals surface area contributed by atoms with Crippen molar-refractivity contribution in [1.82, 2.24) is 14.4 Å². The number of pyridine rings is 1. The van der Waals surface area contributed by atoms with Crippen LogP contribution in [0.5, 0.6) is 0 Å². The van der Waals surface area contributed by atoms with Crippen molar-refractivity contribution in [3.8, 4) is 6.07 Å². The van der Waals surface area contributed by atoms with Crippen molar-refractivity contribution in [2.75, 3.05) is 37.6 Å². The van der Waals surface area contributed by atoms with Crippen LogP contribution >= 0.6 is 24.0 Å². The number of hydrogen-bond acceptors (Lipinski definition) is 7. The van der Waals surface area contributed by atoms with Crippen molar-refractivity contribution in [2.45, 2.75) is 66.0 Å². The van der Waals surface area contributed by atoms with Gasteiger partial charge in [-0.05, 0) is 37.0 Å². The number of nitrogens with zero attached hydrogens (tertiary/aromatic N) is 5. The van der Waals surface area contributed by atoms with E-state index in [9.17, 15) is 14.9 Å². The molecule has 7 nitrogen and oxygen atoms in total. The second kappa shape index (κ2) is 14.1. The Labute approximate surface area is 247 Å². The van der Waals surface area contributed by atoms with Gasteiger partial charge in [0.1, 0.15) is 21.8 Å². The molecule has 0 radical (unpaired) electrons. The molecule has 1 aromatic heterocycles. The van der Waals surface area contributed by atoms with Gasteiger partial charge in [0.2, 0.25) is 0 Å². The van der Waals surface area contributed by atoms with Gasteiger partial charge in [0.05, 0.1) is 4.91 Å². The van der Waals surface area contributed by atoms with Gasteiger partial charge in [-0.3, -0.25) is 24.0 Å². The summed E-state index contributed by atoms with van der Waals surface area (Å²) >= 11 is 6.89. The number of nitriles is 1. The molecule has 2 aliphatic rings. The minimum absolute atomic E-state index is 0.0889. The molecule has 0 unspecified atom stereocenters. The summed E-state index contributed by atoms with van der Waals surface area (Å²) in [4.78, 5) is 33.9. The topological polar surface area (TPSA) is 72.6 Å². The predicted octanol–water partition coefficient (Wildman–Crippen LogP) is 5.54. The number of unbranched alkanes of at least 4 members (excludes halogenated alkanes) is 3. The molecular formula is C31H39N5O2S2. The first-order valence-corrected chi connectivity index (χ1v) is 15.6. The molecule has 40 heavy (non-hydrogen) atoms. The largest absolute Gasteiger partial charge is 0.355 e. The number of carbonyl (C=O) groups excluding carboxylic acids is 1. The van der Waals surface area contributed by atoms with Gasteiger partial charge in [-0.1, -0.05) is 87.4 Å². The Balaban J connectivity index is 1.71. The van der Waals surface area contributed by atoms with Gasteiger partial charge in [0.15, 0.2) is 0 Å². The van der Waals surface area contributed by atoms with Crippen LogP contribution in [0.3, 0.4) is 0 Å². The lowest BCUT2D eigenvalue weighted by atomic mass is 10.0. The molecule has 3 heterocycles. The van der Waals surface area contributed by atoms with Crippen molar-refractivity contribution in [3.05, 3.63) is 67.8 Å². The molecule has 0 saturated carbocycles. The molecule has 2 aromatic rings. The van der Waals surface area contributed by atoms with Crippen LogP contribution in [-0.2, 0) is 17.9 Å². The third-order valence-corrected chi connectivity index (χ3v) is 9.01. The second-order valence-corrected chi connectivity index (χ2v) is 12.1. The Hall–Kier alpha value is -2.93. The fraction of sp³-hybridized carbons (Fsp3) is 0.484. The molecule has 0 spiro atoms. The zero-order valence-electron chi connectivity index (χ0n) is 23.8. The lowest BCUT2D eigenvalue weighted by Crippen LogP contribution is -2.48. The maximum Gasteiger partial charge on any atom is 0.270 e. The number of amides is 1. The third kappa shape index (κ3) is 6.68. The lowest BCUT2D eigenvalue weighted by molar-refractivity contribution is -0.122. The summed E-state index contributed by atoms with van der Waals surface area (Å²) in [5.74, 6) is 0.722. The van der Waals surface area contributed by atoms with Crippen LogP contribution in [0.15, 0.2) is 40.0 Å². The predicted molar refractivity (Wildman–Crippen MR) is 168 cm³/mol. The first-order chi connectivity index (χ1) is 19.4. The van der Waals surface area contributed by atoms with Gasteiger partial charge in [-0.2, -0.15) is 5.26 Å². The summed E-state index contributed by atoms with van der Waals surface area (Å²) in [5.41, 5.74) is 2.58. The SMILES string of the molecule is CCCCCN1C(=O)/C(=C\c2c(C)c(C#N)c(=O)n(CCCC)c2N2CCN(Cc3ccccc3)CC2)SC1=S. The average molecular weight is 578 g/mol. The number of carbonyl (C=O) groups is 1. The zero-order chi connectivity index (χ0) is 28.6. The van der Waals surface area contributed by atoms with E-state index in [-0.39, 0.29) is 17.0 Å². The van der Waals surface area contributed by atoms with E-state index in [1.54, 1.807) is 9.47 Å². The number of anilines is 1. The highest BCUT2D eigenvalue weighted by atomic mass is 32.2. The monoisotopic (exact) mass is 577 g/mol. The molecule has 0 bridgehead atoms. The van der Waals surface area contributed by atoms with E-state index in [0.29, 0.717) is 27.9 Å².